The summed E-state index contributed by atoms with van der Waals surface area (Å²) in [4.78, 5) is 28.7. The number of carbonyl (C=O) groups excluding carboxylic acids is 2. The fourth-order valence-corrected chi connectivity index (χ4v) is 4.88. The van der Waals surface area contributed by atoms with Crippen LogP contribution in [-0.4, -0.2) is 26.0 Å². The Morgan fingerprint density at radius 2 is 1.51 bits per heavy atom. The summed E-state index contributed by atoms with van der Waals surface area (Å²) in [7, 11) is 3.16. The van der Waals surface area contributed by atoms with Gasteiger partial charge in [-0.1, -0.05) is 29.8 Å². The molecule has 0 unspecified atom stereocenters. The Hall–Kier alpha value is -3.80. The van der Waals surface area contributed by atoms with Crippen molar-refractivity contribution in [2.75, 3.05) is 24.4 Å². The van der Waals surface area contributed by atoms with E-state index in [0.29, 0.717) is 24.3 Å². The Labute approximate surface area is 206 Å². The van der Waals surface area contributed by atoms with Crippen molar-refractivity contribution in [1.82, 2.24) is 0 Å². The predicted octanol–water partition coefficient (Wildman–Crippen LogP) is 5.75. The number of nitrogens with zero attached hydrogens (tertiary/aromatic N) is 1. The van der Waals surface area contributed by atoms with Crippen molar-refractivity contribution in [3.63, 3.8) is 0 Å². The summed E-state index contributed by atoms with van der Waals surface area (Å²) in [6.45, 7) is 6.02. The van der Waals surface area contributed by atoms with Gasteiger partial charge in [0, 0.05) is 17.8 Å². The van der Waals surface area contributed by atoms with Gasteiger partial charge in [0.05, 0.1) is 26.2 Å². The Kier molecular flexibility index (Phi) is 7.10. The number of benzene rings is 3. The number of amides is 2. The minimum atomic E-state index is -0.496. The van der Waals surface area contributed by atoms with Gasteiger partial charge in [0.2, 0.25) is 11.8 Å². The van der Waals surface area contributed by atoms with E-state index in [1.54, 1.807) is 19.1 Å². The number of aryl methyl sites for hydroxylation is 3. The minimum Gasteiger partial charge on any atom is -0.493 e. The van der Waals surface area contributed by atoms with Crippen molar-refractivity contribution < 1.29 is 19.1 Å². The Bertz CT molecular complexity index is 1220. The fraction of sp³-hybridized carbons (Fsp3) is 0.310. The molecular weight excluding hydrogens is 440 g/mol. The van der Waals surface area contributed by atoms with Crippen LogP contribution in [0, 0.1) is 26.7 Å². The van der Waals surface area contributed by atoms with Gasteiger partial charge in [0.1, 0.15) is 0 Å². The second-order valence-corrected chi connectivity index (χ2v) is 9.17. The van der Waals surface area contributed by atoms with Gasteiger partial charge in [0.25, 0.3) is 0 Å². The number of hydrogen-bond acceptors (Lipinski definition) is 4. The number of rotatable bonds is 6. The zero-order valence-corrected chi connectivity index (χ0v) is 20.9. The average Bonchev–Trinajstić information content (AvgIpc) is 2.83. The van der Waals surface area contributed by atoms with Crippen molar-refractivity contribution in [3.8, 4) is 11.5 Å². The van der Waals surface area contributed by atoms with Crippen LogP contribution in [0.1, 0.15) is 41.1 Å². The van der Waals surface area contributed by atoms with E-state index in [2.05, 4.69) is 11.4 Å². The first-order chi connectivity index (χ1) is 16.8. The van der Waals surface area contributed by atoms with Gasteiger partial charge < -0.3 is 19.7 Å². The molecule has 3 aromatic carbocycles. The molecule has 0 bridgehead atoms. The number of carbonyl (C=O) groups is 2. The van der Waals surface area contributed by atoms with Gasteiger partial charge >= 0.3 is 0 Å². The summed E-state index contributed by atoms with van der Waals surface area (Å²) in [5, 5.41) is 3.11. The normalized spacial score (nSPS) is 17.7. The topological polar surface area (TPSA) is 67.9 Å². The van der Waals surface area contributed by atoms with Crippen LogP contribution in [0.2, 0.25) is 0 Å². The van der Waals surface area contributed by atoms with Gasteiger partial charge in [0.15, 0.2) is 11.5 Å². The maximum atomic E-state index is 13.7. The summed E-state index contributed by atoms with van der Waals surface area (Å²) in [6, 6.07) is 18.9. The van der Waals surface area contributed by atoms with Crippen molar-refractivity contribution in [3.05, 3.63) is 82.9 Å². The number of anilines is 2. The van der Waals surface area contributed by atoms with Crippen LogP contribution in [-0.2, 0) is 9.59 Å². The zero-order valence-electron chi connectivity index (χ0n) is 20.9. The van der Waals surface area contributed by atoms with E-state index in [1.165, 1.54) is 0 Å². The Morgan fingerprint density at radius 1 is 0.857 bits per heavy atom. The molecule has 0 aliphatic carbocycles. The lowest BCUT2D eigenvalue weighted by molar-refractivity contribution is -0.125. The maximum absolute atomic E-state index is 13.7. The first kappa shape index (κ1) is 24.3. The predicted molar refractivity (Wildman–Crippen MR) is 138 cm³/mol. The van der Waals surface area contributed by atoms with E-state index in [1.807, 2.05) is 75.4 Å². The largest absolute Gasteiger partial charge is 0.493 e. The van der Waals surface area contributed by atoms with Gasteiger partial charge in [-0.3, -0.25) is 9.59 Å². The molecule has 6 nitrogen and oxygen atoms in total. The Morgan fingerprint density at radius 3 is 2.14 bits per heavy atom. The summed E-state index contributed by atoms with van der Waals surface area (Å²) >= 11 is 0. The molecule has 1 aliphatic rings. The molecule has 1 fully saturated rings. The molecule has 0 saturated carbocycles. The molecule has 1 N–H and O–H groups in total. The van der Waals surface area contributed by atoms with Crippen LogP contribution in [0.5, 0.6) is 11.5 Å². The van der Waals surface area contributed by atoms with Crippen molar-refractivity contribution in [2.24, 2.45) is 5.92 Å². The monoisotopic (exact) mass is 472 g/mol. The Balaban J connectivity index is 1.78. The first-order valence-corrected chi connectivity index (χ1v) is 11.8. The highest BCUT2D eigenvalue weighted by Gasteiger charge is 2.41. The molecule has 0 aromatic heterocycles. The maximum Gasteiger partial charge on any atom is 0.229 e. The smallest absolute Gasteiger partial charge is 0.229 e. The second-order valence-electron chi connectivity index (χ2n) is 9.17. The second kappa shape index (κ2) is 10.2. The quantitative estimate of drug-likeness (QED) is 0.496. The van der Waals surface area contributed by atoms with Crippen LogP contribution >= 0.6 is 0 Å². The molecule has 3 aromatic rings. The summed E-state index contributed by atoms with van der Waals surface area (Å²) in [5.74, 6) is 0.577. The number of nitrogens with one attached hydrogen (secondary N) is 1. The standard InChI is InChI=1S/C29H32N2O4/c1-18-6-9-23(10-7-18)31-27(32)13-11-24(29(33)30-22-15-19(2)14-20(3)16-22)28(31)21-8-12-25(34-4)26(17-21)35-5/h6-10,12,14-17,24,28H,11,13H2,1-5H3,(H,30,33)/t24-,28-/m1/s1. The van der Waals surface area contributed by atoms with Gasteiger partial charge in [-0.15, -0.1) is 0 Å². The molecule has 182 valence electrons. The highest BCUT2D eigenvalue weighted by Crippen LogP contribution is 2.43. The molecule has 6 heteroatoms. The third kappa shape index (κ3) is 5.16. The van der Waals surface area contributed by atoms with Crippen LogP contribution < -0.4 is 19.7 Å². The van der Waals surface area contributed by atoms with Crippen LogP contribution in [0.25, 0.3) is 0 Å². The van der Waals surface area contributed by atoms with Crippen molar-refractivity contribution in [1.29, 1.82) is 0 Å². The zero-order chi connectivity index (χ0) is 25.1. The van der Waals surface area contributed by atoms with Gasteiger partial charge in [-0.05, 0) is 80.3 Å². The van der Waals surface area contributed by atoms with Gasteiger partial charge in [-0.2, -0.15) is 0 Å². The van der Waals surface area contributed by atoms with Crippen LogP contribution in [0.15, 0.2) is 60.7 Å². The van der Waals surface area contributed by atoms with Crippen molar-refractivity contribution in [2.45, 2.75) is 39.7 Å². The summed E-state index contributed by atoms with van der Waals surface area (Å²) in [6.07, 6.45) is 0.749. The third-order valence-electron chi connectivity index (χ3n) is 6.48. The molecule has 1 aliphatic heterocycles. The van der Waals surface area contributed by atoms with E-state index < -0.39 is 12.0 Å². The van der Waals surface area contributed by atoms with Crippen LogP contribution in [0.4, 0.5) is 11.4 Å². The lowest BCUT2D eigenvalue weighted by Gasteiger charge is -2.41. The fourth-order valence-electron chi connectivity index (χ4n) is 4.88. The van der Waals surface area contributed by atoms with Crippen LogP contribution in [0.3, 0.4) is 0 Å². The molecule has 0 radical (unpaired) electrons. The van der Waals surface area contributed by atoms with Gasteiger partial charge in [-0.25, -0.2) is 0 Å². The van der Waals surface area contributed by atoms with E-state index in [4.69, 9.17) is 9.47 Å². The van der Waals surface area contributed by atoms with E-state index >= 15 is 0 Å². The number of methoxy groups -OCH3 is 2. The molecule has 0 spiro atoms. The molecular formula is C29H32N2O4. The SMILES string of the molecule is COc1ccc([C@@H]2[C@H](C(=O)Nc3cc(C)cc(C)c3)CCC(=O)N2c2ccc(C)cc2)cc1OC. The number of ether oxygens (including phenoxy) is 2. The minimum absolute atomic E-state index is 0.0101. The highest BCUT2D eigenvalue weighted by molar-refractivity contribution is 6.00. The van der Waals surface area contributed by atoms with E-state index in [-0.39, 0.29) is 11.8 Å². The highest BCUT2D eigenvalue weighted by atomic mass is 16.5. The summed E-state index contributed by atoms with van der Waals surface area (Å²) in [5.41, 5.74) is 5.61. The number of hydrogen-bond donors (Lipinski definition) is 1. The molecule has 35 heavy (non-hydrogen) atoms. The van der Waals surface area contributed by atoms with E-state index in [0.717, 1.165) is 33.6 Å². The molecule has 1 heterocycles. The lowest BCUT2D eigenvalue weighted by atomic mass is 9.83. The lowest BCUT2D eigenvalue weighted by Crippen LogP contribution is -2.47. The van der Waals surface area contributed by atoms with E-state index in [9.17, 15) is 9.59 Å². The average molecular weight is 473 g/mol. The third-order valence-corrected chi connectivity index (χ3v) is 6.48. The molecule has 2 amide bonds. The first-order valence-electron chi connectivity index (χ1n) is 11.8. The van der Waals surface area contributed by atoms with Crippen molar-refractivity contribution >= 4 is 23.2 Å². The summed E-state index contributed by atoms with van der Waals surface area (Å²) < 4.78 is 11.0. The molecule has 4 rings (SSSR count). The molecule has 2 atom stereocenters. The number of piperidine rings is 1. The molecule has 1 saturated heterocycles.